The van der Waals surface area contributed by atoms with Crippen molar-refractivity contribution >= 4 is 11.2 Å². The fourth-order valence-corrected chi connectivity index (χ4v) is 2.69. The standard InChI is InChI=1S/C18H11F4N5/c19-12-3-10(5-23-6-12)9-27-18-16(8-25-27)24-7-15(26-18)11-1-2-14(20)13(4-11)17(21)22/h1-8,17H,9H2. The average Bonchev–Trinajstić information content (AvgIpc) is 3.04. The zero-order valence-electron chi connectivity index (χ0n) is 13.7. The van der Waals surface area contributed by atoms with Crippen molar-refractivity contribution in [2.75, 3.05) is 0 Å². The van der Waals surface area contributed by atoms with Gasteiger partial charge in [-0.1, -0.05) is 0 Å². The summed E-state index contributed by atoms with van der Waals surface area (Å²) in [5, 5.41) is 4.18. The molecule has 9 heteroatoms. The molecule has 0 aliphatic carbocycles. The van der Waals surface area contributed by atoms with Crippen molar-refractivity contribution in [3.05, 3.63) is 71.8 Å². The zero-order valence-corrected chi connectivity index (χ0v) is 13.7. The number of nitrogens with zero attached hydrogens (tertiary/aromatic N) is 5. The number of fused-ring (bicyclic) bond motifs is 1. The van der Waals surface area contributed by atoms with Crippen LogP contribution in [-0.4, -0.2) is 24.7 Å². The second-order valence-corrected chi connectivity index (χ2v) is 5.81. The Hall–Kier alpha value is -3.36. The average molecular weight is 373 g/mol. The molecule has 0 spiro atoms. The molecule has 0 unspecified atom stereocenters. The first-order valence-electron chi connectivity index (χ1n) is 7.87. The molecule has 0 N–H and O–H groups in total. The van der Waals surface area contributed by atoms with Crippen molar-refractivity contribution in [3.63, 3.8) is 0 Å². The second-order valence-electron chi connectivity index (χ2n) is 5.81. The van der Waals surface area contributed by atoms with Gasteiger partial charge in [0, 0.05) is 11.8 Å². The van der Waals surface area contributed by atoms with Crippen LogP contribution >= 0.6 is 0 Å². The maximum absolute atomic E-state index is 13.5. The topological polar surface area (TPSA) is 56.5 Å². The monoisotopic (exact) mass is 373 g/mol. The first-order chi connectivity index (χ1) is 13.0. The molecule has 0 bridgehead atoms. The quantitative estimate of drug-likeness (QED) is 0.504. The number of aromatic nitrogens is 5. The summed E-state index contributed by atoms with van der Waals surface area (Å²) in [4.78, 5) is 12.4. The molecule has 3 aromatic heterocycles. The highest BCUT2D eigenvalue weighted by molar-refractivity contribution is 5.73. The molecule has 0 saturated heterocycles. The Bertz CT molecular complexity index is 1130. The number of rotatable bonds is 4. The van der Waals surface area contributed by atoms with Crippen LogP contribution in [0.3, 0.4) is 0 Å². The van der Waals surface area contributed by atoms with Crippen LogP contribution in [0.5, 0.6) is 0 Å². The predicted molar refractivity (Wildman–Crippen MR) is 89.0 cm³/mol. The van der Waals surface area contributed by atoms with E-state index in [1.165, 1.54) is 35.4 Å². The van der Waals surface area contributed by atoms with Gasteiger partial charge >= 0.3 is 0 Å². The lowest BCUT2D eigenvalue weighted by molar-refractivity contribution is 0.146. The van der Waals surface area contributed by atoms with Gasteiger partial charge in [0.1, 0.15) is 17.2 Å². The van der Waals surface area contributed by atoms with Crippen molar-refractivity contribution in [2.45, 2.75) is 13.0 Å². The summed E-state index contributed by atoms with van der Waals surface area (Å²) in [5.74, 6) is -1.45. The first kappa shape index (κ1) is 17.1. The molecule has 4 rings (SSSR count). The number of hydrogen-bond donors (Lipinski definition) is 0. The van der Waals surface area contributed by atoms with E-state index in [9.17, 15) is 17.6 Å². The Morgan fingerprint density at radius 3 is 2.63 bits per heavy atom. The number of pyridine rings is 1. The minimum Gasteiger partial charge on any atom is -0.261 e. The van der Waals surface area contributed by atoms with Crippen molar-refractivity contribution in [1.29, 1.82) is 0 Å². The van der Waals surface area contributed by atoms with Crippen molar-refractivity contribution in [3.8, 4) is 11.3 Å². The Labute approximate surface area is 150 Å². The van der Waals surface area contributed by atoms with Crippen LogP contribution in [0.15, 0.2) is 49.1 Å². The van der Waals surface area contributed by atoms with Crippen LogP contribution in [-0.2, 0) is 6.54 Å². The van der Waals surface area contributed by atoms with Crippen molar-refractivity contribution in [1.82, 2.24) is 24.7 Å². The molecule has 1 aromatic carbocycles. The fourth-order valence-electron chi connectivity index (χ4n) is 2.69. The summed E-state index contributed by atoms with van der Waals surface area (Å²) >= 11 is 0. The highest BCUT2D eigenvalue weighted by Gasteiger charge is 2.16. The van der Waals surface area contributed by atoms with Gasteiger partial charge in [0.05, 0.1) is 36.4 Å². The van der Waals surface area contributed by atoms with Crippen LogP contribution in [0.25, 0.3) is 22.4 Å². The van der Waals surface area contributed by atoms with Crippen LogP contribution in [0, 0.1) is 11.6 Å². The van der Waals surface area contributed by atoms with E-state index in [0.29, 0.717) is 28.0 Å². The third kappa shape index (κ3) is 3.35. The maximum Gasteiger partial charge on any atom is 0.266 e. The normalized spacial score (nSPS) is 11.4. The lowest BCUT2D eigenvalue weighted by Gasteiger charge is -2.07. The number of alkyl halides is 2. The number of halogens is 4. The summed E-state index contributed by atoms with van der Waals surface area (Å²) in [5.41, 5.74) is 1.35. The van der Waals surface area contributed by atoms with E-state index in [1.807, 2.05) is 0 Å². The Morgan fingerprint density at radius 1 is 1.00 bits per heavy atom. The SMILES string of the molecule is Fc1cncc(Cn2ncc3ncc(-c4ccc(F)c(C(F)F)c4)nc32)c1. The molecule has 0 radical (unpaired) electrons. The smallest absolute Gasteiger partial charge is 0.261 e. The molecule has 0 fully saturated rings. The lowest BCUT2D eigenvalue weighted by atomic mass is 10.1. The lowest BCUT2D eigenvalue weighted by Crippen LogP contribution is -2.04. The fraction of sp³-hybridized carbons (Fsp3) is 0.111. The van der Waals surface area contributed by atoms with Gasteiger partial charge in [-0.25, -0.2) is 32.2 Å². The van der Waals surface area contributed by atoms with E-state index in [1.54, 1.807) is 0 Å². The Kier molecular flexibility index (Phi) is 4.27. The van der Waals surface area contributed by atoms with E-state index < -0.39 is 23.6 Å². The van der Waals surface area contributed by atoms with E-state index in [4.69, 9.17) is 0 Å². The van der Waals surface area contributed by atoms with Gasteiger partial charge in [0.25, 0.3) is 6.43 Å². The Morgan fingerprint density at radius 2 is 1.85 bits per heavy atom. The molecule has 5 nitrogen and oxygen atoms in total. The Balaban J connectivity index is 1.75. The van der Waals surface area contributed by atoms with Crippen LogP contribution in [0.2, 0.25) is 0 Å². The first-order valence-corrected chi connectivity index (χ1v) is 7.87. The highest BCUT2D eigenvalue weighted by Crippen LogP contribution is 2.27. The van der Waals surface area contributed by atoms with Crippen molar-refractivity contribution in [2.24, 2.45) is 0 Å². The summed E-state index contributed by atoms with van der Waals surface area (Å²) in [6.07, 6.45) is 2.56. The van der Waals surface area contributed by atoms with E-state index in [-0.39, 0.29) is 6.54 Å². The van der Waals surface area contributed by atoms with E-state index in [2.05, 4.69) is 20.1 Å². The van der Waals surface area contributed by atoms with Gasteiger partial charge < -0.3 is 0 Å². The number of benzene rings is 1. The molecule has 0 atom stereocenters. The molecule has 27 heavy (non-hydrogen) atoms. The third-order valence-corrected chi connectivity index (χ3v) is 3.97. The predicted octanol–water partition coefficient (Wildman–Crippen LogP) is 4.15. The molecule has 4 aromatic rings. The summed E-state index contributed by atoms with van der Waals surface area (Å²) in [6, 6.07) is 4.70. The number of hydrogen-bond acceptors (Lipinski definition) is 4. The molecule has 3 heterocycles. The van der Waals surface area contributed by atoms with Gasteiger partial charge in [-0.05, 0) is 29.8 Å². The molecule has 0 aliphatic rings. The molecular formula is C18H11F4N5. The molecular weight excluding hydrogens is 362 g/mol. The van der Waals surface area contributed by atoms with Crippen LogP contribution < -0.4 is 0 Å². The van der Waals surface area contributed by atoms with Gasteiger partial charge in [-0.2, -0.15) is 5.10 Å². The van der Waals surface area contributed by atoms with Gasteiger partial charge in [-0.15, -0.1) is 0 Å². The minimum absolute atomic E-state index is 0.206. The summed E-state index contributed by atoms with van der Waals surface area (Å²) in [7, 11) is 0. The summed E-state index contributed by atoms with van der Waals surface area (Å²) in [6.45, 7) is 0.206. The third-order valence-electron chi connectivity index (χ3n) is 3.97. The molecule has 0 aliphatic heterocycles. The van der Waals surface area contributed by atoms with E-state index >= 15 is 0 Å². The van der Waals surface area contributed by atoms with Gasteiger partial charge in [0.2, 0.25) is 0 Å². The maximum atomic E-state index is 13.5. The van der Waals surface area contributed by atoms with Gasteiger partial charge in [0.15, 0.2) is 5.65 Å². The zero-order chi connectivity index (χ0) is 19.0. The van der Waals surface area contributed by atoms with Crippen molar-refractivity contribution < 1.29 is 17.6 Å². The highest BCUT2D eigenvalue weighted by atomic mass is 19.3. The van der Waals surface area contributed by atoms with Gasteiger partial charge in [-0.3, -0.25) is 4.98 Å². The molecule has 0 amide bonds. The van der Waals surface area contributed by atoms with Crippen LogP contribution in [0.1, 0.15) is 17.6 Å². The second kappa shape index (κ2) is 6.75. The van der Waals surface area contributed by atoms with E-state index in [0.717, 1.165) is 18.3 Å². The minimum atomic E-state index is -2.94. The largest absolute Gasteiger partial charge is 0.266 e. The summed E-state index contributed by atoms with van der Waals surface area (Å²) < 4.78 is 54.2. The molecule has 0 saturated carbocycles. The molecule has 136 valence electrons. The van der Waals surface area contributed by atoms with Crippen LogP contribution in [0.4, 0.5) is 17.6 Å².